The number of amides is 2. The van der Waals surface area contributed by atoms with E-state index in [9.17, 15) is 28.1 Å². The molecule has 2 aliphatic rings. The number of hydrogen-bond donors (Lipinski definition) is 2. The molecule has 2 amide bonds. The molecule has 0 spiro atoms. The number of nitrogens with zero attached hydrogens (tertiary/aromatic N) is 6. The number of rotatable bonds is 16. The van der Waals surface area contributed by atoms with Gasteiger partial charge in [-0.2, -0.15) is 4.31 Å². The van der Waals surface area contributed by atoms with Crippen LogP contribution in [0.4, 0.5) is 17.2 Å². The summed E-state index contributed by atoms with van der Waals surface area (Å²) in [5.41, 5.74) is 2.93. The number of sulfonamides is 1. The molecule has 2 fully saturated rings. The quantitative estimate of drug-likeness (QED) is 0.0881. The third-order valence-electron chi connectivity index (χ3n) is 10.8. The monoisotopic (exact) mass is 784 g/mol. The molecule has 0 bridgehead atoms. The number of aromatic nitrogens is 1. The van der Waals surface area contributed by atoms with Crippen molar-refractivity contribution in [3.05, 3.63) is 100 Å². The molecule has 2 N–H and O–H groups in total. The Hall–Kier alpha value is -4.96. The van der Waals surface area contributed by atoms with Crippen molar-refractivity contribution in [2.75, 3.05) is 69.6 Å². The highest BCUT2D eigenvalue weighted by Gasteiger charge is 2.38. The lowest BCUT2D eigenvalue weighted by Gasteiger charge is -2.37. The molecule has 0 saturated carbocycles. The highest BCUT2D eigenvalue weighted by atomic mass is 32.2. The first-order valence-electron chi connectivity index (χ1n) is 19.4. The Morgan fingerprint density at radius 3 is 2.30 bits per heavy atom. The maximum absolute atomic E-state index is 14.2. The first-order chi connectivity index (χ1) is 27.0. The van der Waals surface area contributed by atoms with Crippen molar-refractivity contribution in [3.63, 3.8) is 0 Å². The first-order valence-corrected chi connectivity index (χ1v) is 20.9. The largest absolute Gasteiger partial charge is 0.359 e. The van der Waals surface area contributed by atoms with E-state index in [0.717, 1.165) is 90.7 Å². The summed E-state index contributed by atoms with van der Waals surface area (Å²) in [4.78, 5) is 47.9. The summed E-state index contributed by atoms with van der Waals surface area (Å²) in [5, 5.41) is 18.3. The molecule has 1 aromatic heterocycles. The number of para-hydroxylation sites is 1. The van der Waals surface area contributed by atoms with E-state index in [4.69, 9.17) is 4.98 Å². The maximum Gasteiger partial charge on any atom is 0.289 e. The van der Waals surface area contributed by atoms with E-state index in [1.54, 1.807) is 13.1 Å². The van der Waals surface area contributed by atoms with Crippen LogP contribution < -0.4 is 15.5 Å². The van der Waals surface area contributed by atoms with Gasteiger partial charge in [0.1, 0.15) is 5.82 Å². The lowest BCUT2D eigenvalue weighted by atomic mass is 10.0. The number of piperazine rings is 1. The molecule has 3 heterocycles. The molecule has 14 nitrogen and oxygen atoms in total. The molecule has 15 heteroatoms. The van der Waals surface area contributed by atoms with Crippen LogP contribution in [0.1, 0.15) is 49.7 Å². The number of carbonyl (C=O) groups is 2. The lowest BCUT2D eigenvalue weighted by Crippen LogP contribution is -2.49. The van der Waals surface area contributed by atoms with Gasteiger partial charge in [0.15, 0.2) is 4.90 Å². The SMILES string of the molecule is CNC(=O)CCCCCN1CCN(c2cc(C)c3cc(NC(=O)CN(C4CCN(Cc5ccccc5)CC4)S(=O)(=O)c4ccccc4[N+](=O)[O-])ccc3n2)CC1. The van der Waals surface area contributed by atoms with E-state index < -0.39 is 44.0 Å². The minimum atomic E-state index is -4.43. The molecule has 0 radical (unpaired) electrons. The third kappa shape index (κ3) is 10.3. The summed E-state index contributed by atoms with van der Waals surface area (Å²) in [6, 6.07) is 22.3. The number of anilines is 2. The van der Waals surface area contributed by atoms with Crippen LogP contribution in [-0.4, -0.2) is 110 Å². The highest BCUT2D eigenvalue weighted by Crippen LogP contribution is 2.31. The molecule has 4 aromatic rings. The Morgan fingerprint density at radius 2 is 1.59 bits per heavy atom. The van der Waals surface area contributed by atoms with Gasteiger partial charge in [-0.15, -0.1) is 0 Å². The van der Waals surface area contributed by atoms with Crippen LogP contribution in [0, 0.1) is 17.0 Å². The Bertz CT molecular complexity index is 2100. The van der Waals surface area contributed by atoms with Gasteiger partial charge in [0, 0.05) is 82.5 Å². The van der Waals surface area contributed by atoms with Gasteiger partial charge in [-0.05, 0) is 80.6 Å². The number of pyridine rings is 1. The number of nitro benzene ring substituents is 1. The summed E-state index contributed by atoms with van der Waals surface area (Å²) in [7, 11) is -2.76. The predicted molar refractivity (Wildman–Crippen MR) is 218 cm³/mol. The van der Waals surface area contributed by atoms with Gasteiger partial charge < -0.3 is 15.5 Å². The fraction of sp³-hybridized carbons (Fsp3) is 0.439. The van der Waals surface area contributed by atoms with E-state index in [1.165, 1.54) is 24.3 Å². The van der Waals surface area contributed by atoms with Gasteiger partial charge >= 0.3 is 0 Å². The second-order valence-corrected chi connectivity index (χ2v) is 16.5. The van der Waals surface area contributed by atoms with E-state index in [1.807, 2.05) is 37.3 Å². The number of piperidine rings is 1. The van der Waals surface area contributed by atoms with Crippen molar-refractivity contribution in [1.29, 1.82) is 0 Å². The average Bonchev–Trinajstić information content (AvgIpc) is 3.20. The fourth-order valence-electron chi connectivity index (χ4n) is 7.65. The molecule has 3 aromatic carbocycles. The number of unbranched alkanes of at least 4 members (excludes halogenated alkanes) is 2. The zero-order valence-corrected chi connectivity index (χ0v) is 33.0. The molecule has 2 saturated heterocycles. The molecular formula is C41H52N8O6S. The number of likely N-dealkylation sites (tertiary alicyclic amines) is 1. The fourth-order valence-corrected chi connectivity index (χ4v) is 9.45. The molecule has 0 aliphatic carbocycles. The summed E-state index contributed by atoms with van der Waals surface area (Å²) >= 11 is 0. The first kappa shape index (κ1) is 40.7. The zero-order valence-electron chi connectivity index (χ0n) is 32.2. The van der Waals surface area contributed by atoms with Crippen molar-refractivity contribution >= 4 is 49.9 Å². The van der Waals surface area contributed by atoms with E-state index in [2.05, 4.69) is 43.5 Å². The van der Waals surface area contributed by atoms with E-state index in [-0.39, 0.29) is 5.91 Å². The summed E-state index contributed by atoms with van der Waals surface area (Å²) < 4.78 is 29.6. The molecule has 0 atom stereocenters. The smallest absolute Gasteiger partial charge is 0.289 e. The summed E-state index contributed by atoms with van der Waals surface area (Å²) in [5.74, 6) is 0.460. The second kappa shape index (κ2) is 18.8. The Kier molecular flexibility index (Phi) is 13.7. The van der Waals surface area contributed by atoms with Crippen molar-refractivity contribution in [2.45, 2.75) is 62.9 Å². The second-order valence-electron chi connectivity index (χ2n) is 14.7. The summed E-state index contributed by atoms with van der Waals surface area (Å²) in [6.45, 7) is 8.09. The topological polar surface area (TPSA) is 161 Å². The van der Waals surface area contributed by atoms with Crippen LogP contribution in [0.5, 0.6) is 0 Å². The van der Waals surface area contributed by atoms with Crippen LogP contribution in [0.15, 0.2) is 83.8 Å². The molecular weight excluding hydrogens is 733 g/mol. The molecule has 56 heavy (non-hydrogen) atoms. The van der Waals surface area contributed by atoms with Crippen molar-refractivity contribution in [3.8, 4) is 0 Å². The maximum atomic E-state index is 14.2. The molecule has 2 aliphatic heterocycles. The number of fused-ring (bicyclic) bond motifs is 1. The third-order valence-corrected chi connectivity index (χ3v) is 12.7. The Labute approximate surface area is 329 Å². The standard InChI is InChI=1S/C41H52N8O6S/c1-31-27-39(47-25-23-45(24-26-47)20-10-4-7-15-40(50)42-2)44-36-17-16-33(28-35(31)36)43-41(51)30-48(56(54,55)38-14-9-8-13-37(38)49(52)53)34-18-21-46(22-19-34)29-32-11-5-3-6-12-32/h3,5-6,8-9,11-14,16-17,27-28,34H,4,7,10,15,18-26,29-30H2,1-2H3,(H,42,50)(H,43,51). The van der Waals surface area contributed by atoms with Crippen molar-refractivity contribution < 1.29 is 22.9 Å². The van der Waals surface area contributed by atoms with Crippen LogP contribution >= 0.6 is 0 Å². The predicted octanol–water partition coefficient (Wildman–Crippen LogP) is 5.17. The average molecular weight is 785 g/mol. The molecule has 6 rings (SSSR count). The van der Waals surface area contributed by atoms with Crippen LogP contribution in [-0.2, 0) is 26.2 Å². The lowest BCUT2D eigenvalue weighted by molar-refractivity contribution is -0.387. The molecule has 298 valence electrons. The summed E-state index contributed by atoms with van der Waals surface area (Å²) in [6.07, 6.45) is 4.53. The number of carbonyl (C=O) groups excluding carboxylic acids is 2. The van der Waals surface area contributed by atoms with Gasteiger partial charge in [-0.3, -0.25) is 29.5 Å². The number of benzene rings is 3. The van der Waals surface area contributed by atoms with Gasteiger partial charge in [-0.25, -0.2) is 13.4 Å². The van der Waals surface area contributed by atoms with E-state index >= 15 is 0 Å². The minimum Gasteiger partial charge on any atom is -0.359 e. The number of nitro groups is 1. The Morgan fingerprint density at radius 1 is 0.875 bits per heavy atom. The van der Waals surface area contributed by atoms with Gasteiger partial charge in [0.2, 0.25) is 11.8 Å². The van der Waals surface area contributed by atoms with Gasteiger partial charge in [0.05, 0.1) is 17.0 Å². The van der Waals surface area contributed by atoms with Crippen molar-refractivity contribution in [2.24, 2.45) is 0 Å². The molecule has 0 unspecified atom stereocenters. The van der Waals surface area contributed by atoms with Gasteiger partial charge in [-0.1, -0.05) is 48.9 Å². The normalized spacial score (nSPS) is 15.9. The van der Waals surface area contributed by atoms with Crippen molar-refractivity contribution in [1.82, 2.24) is 24.4 Å². The highest BCUT2D eigenvalue weighted by molar-refractivity contribution is 7.89. The van der Waals surface area contributed by atoms with E-state index in [0.29, 0.717) is 38.0 Å². The minimum absolute atomic E-state index is 0.0924. The Balaban J connectivity index is 1.11. The van der Waals surface area contributed by atoms with Gasteiger partial charge in [0.25, 0.3) is 15.7 Å². The van der Waals surface area contributed by atoms with Crippen LogP contribution in [0.3, 0.4) is 0 Å². The number of nitrogens with one attached hydrogen (secondary N) is 2. The van der Waals surface area contributed by atoms with Crippen LogP contribution in [0.2, 0.25) is 0 Å². The number of hydrogen-bond acceptors (Lipinski definition) is 10. The number of aryl methyl sites for hydroxylation is 1. The van der Waals surface area contributed by atoms with Crippen LogP contribution in [0.25, 0.3) is 10.9 Å². The zero-order chi connectivity index (χ0) is 39.7.